The van der Waals surface area contributed by atoms with Crippen LogP contribution in [0.15, 0.2) is 22.7 Å². The van der Waals surface area contributed by atoms with Crippen LogP contribution in [-0.2, 0) is 0 Å². The molecule has 1 aromatic rings. The standard InChI is InChI=1S/C10H10BrF3N2O.ClH/c11-7-2-1-6(3-8(7)12)9(17)16-5-10(13,14)4-15;/h1-3H,4-5,15H2,(H,16,17);1H. The number of carbonyl (C=O) groups is 1. The quantitative estimate of drug-likeness (QED) is 0.878. The van der Waals surface area contributed by atoms with Gasteiger partial charge < -0.3 is 11.1 Å². The van der Waals surface area contributed by atoms with Gasteiger partial charge in [-0.15, -0.1) is 12.4 Å². The number of carbonyl (C=O) groups excluding carboxylic acids is 1. The van der Waals surface area contributed by atoms with Crippen molar-refractivity contribution in [2.24, 2.45) is 5.73 Å². The molecule has 0 bridgehead atoms. The number of hydrogen-bond donors (Lipinski definition) is 2. The highest BCUT2D eigenvalue weighted by Gasteiger charge is 2.27. The van der Waals surface area contributed by atoms with E-state index < -0.39 is 30.7 Å². The van der Waals surface area contributed by atoms with Crippen LogP contribution < -0.4 is 11.1 Å². The van der Waals surface area contributed by atoms with Crippen LogP contribution in [-0.4, -0.2) is 24.9 Å². The normalized spacial score (nSPS) is 10.7. The van der Waals surface area contributed by atoms with Gasteiger partial charge in [-0.1, -0.05) is 0 Å². The molecule has 0 spiro atoms. The lowest BCUT2D eigenvalue weighted by atomic mass is 10.2. The molecule has 1 amide bonds. The molecular formula is C10H11BrClF3N2O. The van der Waals surface area contributed by atoms with Crippen molar-refractivity contribution in [3.63, 3.8) is 0 Å². The molecule has 3 nitrogen and oxygen atoms in total. The van der Waals surface area contributed by atoms with Gasteiger partial charge in [-0.25, -0.2) is 13.2 Å². The third-order valence-electron chi connectivity index (χ3n) is 1.99. The summed E-state index contributed by atoms with van der Waals surface area (Å²) in [6, 6.07) is 3.61. The predicted octanol–water partition coefficient (Wildman–Crippen LogP) is 2.33. The van der Waals surface area contributed by atoms with E-state index in [-0.39, 0.29) is 22.4 Å². The first kappa shape index (κ1) is 17.2. The molecule has 1 aromatic carbocycles. The number of halogens is 5. The average Bonchev–Trinajstić information content (AvgIpc) is 2.30. The first-order valence-corrected chi connectivity index (χ1v) is 5.46. The molecule has 0 heterocycles. The fourth-order valence-electron chi connectivity index (χ4n) is 1.02. The van der Waals surface area contributed by atoms with Crippen molar-refractivity contribution in [1.82, 2.24) is 5.32 Å². The Hall–Kier alpha value is -0.790. The second kappa shape index (κ2) is 6.96. The van der Waals surface area contributed by atoms with Gasteiger partial charge in [-0.3, -0.25) is 4.79 Å². The number of benzene rings is 1. The van der Waals surface area contributed by atoms with E-state index in [0.717, 1.165) is 6.07 Å². The van der Waals surface area contributed by atoms with Gasteiger partial charge in [0.15, 0.2) is 0 Å². The van der Waals surface area contributed by atoms with Crippen molar-refractivity contribution >= 4 is 34.2 Å². The van der Waals surface area contributed by atoms with Crippen molar-refractivity contribution in [2.75, 3.05) is 13.1 Å². The highest BCUT2D eigenvalue weighted by Crippen LogP contribution is 2.16. The van der Waals surface area contributed by atoms with Gasteiger partial charge in [0, 0.05) is 5.56 Å². The van der Waals surface area contributed by atoms with Crippen molar-refractivity contribution in [3.05, 3.63) is 34.1 Å². The zero-order valence-corrected chi connectivity index (χ0v) is 11.5. The summed E-state index contributed by atoms with van der Waals surface area (Å²) >= 11 is 2.92. The zero-order chi connectivity index (χ0) is 13.1. The van der Waals surface area contributed by atoms with E-state index in [2.05, 4.69) is 15.9 Å². The minimum Gasteiger partial charge on any atom is -0.346 e. The maximum absolute atomic E-state index is 13.1. The van der Waals surface area contributed by atoms with E-state index in [0.29, 0.717) is 0 Å². The number of amides is 1. The number of alkyl halides is 2. The van der Waals surface area contributed by atoms with Gasteiger partial charge in [-0.05, 0) is 34.1 Å². The summed E-state index contributed by atoms with van der Waals surface area (Å²) in [7, 11) is 0. The maximum Gasteiger partial charge on any atom is 0.277 e. The molecule has 3 N–H and O–H groups in total. The Morgan fingerprint density at radius 1 is 1.44 bits per heavy atom. The lowest BCUT2D eigenvalue weighted by Gasteiger charge is -2.14. The second-order valence-corrected chi connectivity index (χ2v) is 4.23. The van der Waals surface area contributed by atoms with Gasteiger partial charge in [-0.2, -0.15) is 0 Å². The molecule has 0 radical (unpaired) electrons. The predicted molar refractivity (Wildman–Crippen MR) is 67.7 cm³/mol. The maximum atomic E-state index is 13.1. The SMILES string of the molecule is Cl.NCC(F)(F)CNC(=O)c1ccc(Br)c(F)c1. The molecule has 102 valence electrons. The van der Waals surface area contributed by atoms with Crippen molar-refractivity contribution < 1.29 is 18.0 Å². The minimum absolute atomic E-state index is 0. The summed E-state index contributed by atoms with van der Waals surface area (Å²) in [6.07, 6.45) is 0. The smallest absolute Gasteiger partial charge is 0.277 e. The molecule has 0 fully saturated rings. The van der Waals surface area contributed by atoms with Crippen molar-refractivity contribution in [1.29, 1.82) is 0 Å². The van der Waals surface area contributed by atoms with E-state index in [4.69, 9.17) is 5.73 Å². The van der Waals surface area contributed by atoms with E-state index >= 15 is 0 Å². The lowest BCUT2D eigenvalue weighted by Crippen LogP contribution is -2.41. The topological polar surface area (TPSA) is 55.1 Å². The first-order chi connectivity index (χ1) is 7.85. The van der Waals surface area contributed by atoms with Crippen LogP contribution in [0, 0.1) is 5.82 Å². The summed E-state index contributed by atoms with van der Waals surface area (Å²) in [6.45, 7) is -1.73. The van der Waals surface area contributed by atoms with Crippen LogP contribution in [0.5, 0.6) is 0 Å². The Bertz CT molecular complexity index is 432. The van der Waals surface area contributed by atoms with Crippen LogP contribution >= 0.6 is 28.3 Å². The van der Waals surface area contributed by atoms with Crippen LogP contribution in [0.2, 0.25) is 0 Å². The molecule has 0 aromatic heterocycles. The largest absolute Gasteiger partial charge is 0.346 e. The molecule has 1 rings (SSSR count). The van der Waals surface area contributed by atoms with E-state index in [1.807, 2.05) is 5.32 Å². The van der Waals surface area contributed by atoms with Gasteiger partial charge in [0.2, 0.25) is 0 Å². The van der Waals surface area contributed by atoms with Gasteiger partial charge in [0.05, 0.1) is 17.6 Å². The number of hydrogen-bond acceptors (Lipinski definition) is 2. The second-order valence-electron chi connectivity index (χ2n) is 3.37. The molecule has 0 saturated heterocycles. The molecule has 0 saturated carbocycles. The van der Waals surface area contributed by atoms with Crippen molar-refractivity contribution in [2.45, 2.75) is 5.92 Å². The molecule has 0 atom stereocenters. The molecule has 0 aliphatic rings. The monoisotopic (exact) mass is 346 g/mol. The van der Waals surface area contributed by atoms with E-state index in [1.54, 1.807) is 0 Å². The Balaban J connectivity index is 0.00000289. The molecule has 0 unspecified atom stereocenters. The highest BCUT2D eigenvalue weighted by molar-refractivity contribution is 9.10. The summed E-state index contributed by atoms with van der Waals surface area (Å²) in [5.41, 5.74) is 4.78. The highest BCUT2D eigenvalue weighted by atomic mass is 79.9. The van der Waals surface area contributed by atoms with Gasteiger partial charge in [0.1, 0.15) is 5.82 Å². The van der Waals surface area contributed by atoms with Crippen LogP contribution in [0.3, 0.4) is 0 Å². The molecule has 8 heteroatoms. The van der Waals surface area contributed by atoms with Crippen LogP contribution in [0.1, 0.15) is 10.4 Å². The molecular weight excluding hydrogens is 336 g/mol. The Morgan fingerprint density at radius 3 is 2.56 bits per heavy atom. The summed E-state index contributed by atoms with van der Waals surface area (Å²) in [4.78, 5) is 11.4. The molecule has 18 heavy (non-hydrogen) atoms. The zero-order valence-electron chi connectivity index (χ0n) is 9.05. The Kier molecular flexibility index (Phi) is 6.66. The fourth-order valence-corrected chi connectivity index (χ4v) is 1.27. The summed E-state index contributed by atoms with van der Waals surface area (Å²) in [5.74, 6) is -4.57. The first-order valence-electron chi connectivity index (χ1n) is 4.67. The third kappa shape index (κ3) is 4.83. The number of nitrogens with two attached hydrogens (primary N) is 1. The van der Waals surface area contributed by atoms with E-state index in [9.17, 15) is 18.0 Å². The summed E-state index contributed by atoms with van der Waals surface area (Å²) < 4.78 is 38.8. The fraction of sp³-hybridized carbons (Fsp3) is 0.300. The van der Waals surface area contributed by atoms with Gasteiger partial charge in [0.25, 0.3) is 11.8 Å². The lowest BCUT2D eigenvalue weighted by molar-refractivity contribution is 0.0118. The third-order valence-corrected chi connectivity index (χ3v) is 2.63. The number of rotatable bonds is 4. The van der Waals surface area contributed by atoms with Crippen molar-refractivity contribution in [3.8, 4) is 0 Å². The Morgan fingerprint density at radius 2 is 2.06 bits per heavy atom. The average molecular weight is 348 g/mol. The summed E-state index contributed by atoms with van der Waals surface area (Å²) in [5, 5.41) is 1.99. The van der Waals surface area contributed by atoms with Gasteiger partial charge >= 0.3 is 0 Å². The Labute approximate surface area is 116 Å². The molecule has 0 aliphatic heterocycles. The molecule has 0 aliphatic carbocycles. The number of nitrogens with one attached hydrogen (secondary N) is 1. The van der Waals surface area contributed by atoms with Crippen LogP contribution in [0.4, 0.5) is 13.2 Å². The van der Waals surface area contributed by atoms with E-state index in [1.165, 1.54) is 12.1 Å². The van der Waals surface area contributed by atoms with Crippen LogP contribution in [0.25, 0.3) is 0 Å². The minimum atomic E-state index is -3.16.